The van der Waals surface area contributed by atoms with Crippen LogP contribution in [0.1, 0.15) is 31.2 Å². The van der Waals surface area contributed by atoms with Crippen LogP contribution in [-0.2, 0) is 0 Å². The van der Waals surface area contributed by atoms with Crippen LogP contribution in [0.2, 0.25) is 0 Å². The number of aliphatic imine (C=N–C) groups is 1. The summed E-state index contributed by atoms with van der Waals surface area (Å²) in [6.45, 7) is 4.16. The number of hydrogen-bond acceptors (Lipinski definition) is 2. The number of amidine groups is 1. The van der Waals surface area contributed by atoms with E-state index in [2.05, 4.69) is 47.6 Å². The molecule has 0 bridgehead atoms. The SMILES string of the molecule is CCCC(C1=NCCN1)c1ccccc1.Cl. The summed E-state index contributed by atoms with van der Waals surface area (Å²) in [6.07, 6.45) is 2.37. The van der Waals surface area contributed by atoms with Crippen LogP contribution in [-0.4, -0.2) is 18.9 Å². The average Bonchev–Trinajstić information content (AvgIpc) is 2.80. The first-order valence-electron chi connectivity index (χ1n) is 5.75. The van der Waals surface area contributed by atoms with E-state index in [9.17, 15) is 0 Å². The van der Waals surface area contributed by atoms with Crippen LogP contribution in [0.4, 0.5) is 0 Å². The lowest BCUT2D eigenvalue weighted by Crippen LogP contribution is -2.25. The Morgan fingerprint density at radius 3 is 2.62 bits per heavy atom. The molecular weight excluding hydrogens is 220 g/mol. The molecule has 1 aliphatic heterocycles. The summed E-state index contributed by atoms with van der Waals surface area (Å²) < 4.78 is 0. The Balaban J connectivity index is 0.00000128. The Hall–Kier alpha value is -1.02. The molecule has 1 aliphatic rings. The molecule has 1 aromatic rings. The van der Waals surface area contributed by atoms with Crippen molar-refractivity contribution in [3.05, 3.63) is 35.9 Å². The first-order valence-corrected chi connectivity index (χ1v) is 5.75. The van der Waals surface area contributed by atoms with Gasteiger partial charge < -0.3 is 5.32 Å². The number of hydrogen-bond donors (Lipinski definition) is 1. The number of halogens is 1. The van der Waals surface area contributed by atoms with Crippen molar-refractivity contribution < 1.29 is 0 Å². The topological polar surface area (TPSA) is 24.4 Å². The third-order valence-corrected chi connectivity index (χ3v) is 2.81. The molecule has 2 nitrogen and oxygen atoms in total. The molecule has 0 radical (unpaired) electrons. The molecule has 0 saturated carbocycles. The minimum Gasteiger partial charge on any atom is -0.371 e. The van der Waals surface area contributed by atoms with Crippen LogP contribution in [0.5, 0.6) is 0 Å². The van der Waals surface area contributed by atoms with Crippen molar-refractivity contribution >= 4 is 18.2 Å². The maximum Gasteiger partial charge on any atom is 0.104 e. The zero-order chi connectivity index (χ0) is 10.5. The summed E-state index contributed by atoms with van der Waals surface area (Å²) in [5.41, 5.74) is 1.38. The van der Waals surface area contributed by atoms with Gasteiger partial charge in [-0.15, -0.1) is 12.4 Å². The maximum atomic E-state index is 4.54. The number of nitrogens with zero attached hydrogens (tertiary/aromatic N) is 1. The smallest absolute Gasteiger partial charge is 0.104 e. The van der Waals surface area contributed by atoms with E-state index in [1.165, 1.54) is 24.2 Å². The molecule has 16 heavy (non-hydrogen) atoms. The Morgan fingerprint density at radius 1 is 1.31 bits per heavy atom. The second-order valence-electron chi connectivity index (χ2n) is 3.95. The number of rotatable bonds is 4. The van der Waals surface area contributed by atoms with E-state index in [1.54, 1.807) is 0 Å². The predicted molar refractivity (Wildman–Crippen MR) is 71.6 cm³/mol. The monoisotopic (exact) mass is 238 g/mol. The second-order valence-corrected chi connectivity index (χ2v) is 3.95. The molecule has 1 aromatic carbocycles. The third kappa shape index (κ3) is 2.99. The average molecular weight is 239 g/mol. The second kappa shape index (κ2) is 6.54. The van der Waals surface area contributed by atoms with Crippen LogP contribution in [0.15, 0.2) is 35.3 Å². The van der Waals surface area contributed by atoms with E-state index in [0.29, 0.717) is 5.92 Å². The summed E-state index contributed by atoms with van der Waals surface area (Å²) in [4.78, 5) is 4.54. The summed E-state index contributed by atoms with van der Waals surface area (Å²) in [5, 5.41) is 3.39. The van der Waals surface area contributed by atoms with Crippen LogP contribution < -0.4 is 5.32 Å². The molecule has 88 valence electrons. The van der Waals surface area contributed by atoms with Crippen LogP contribution in [0, 0.1) is 0 Å². The number of benzene rings is 1. The van der Waals surface area contributed by atoms with E-state index in [1.807, 2.05) is 0 Å². The molecule has 0 aromatic heterocycles. The molecule has 0 amide bonds. The molecule has 0 spiro atoms. The fourth-order valence-corrected chi connectivity index (χ4v) is 2.08. The lowest BCUT2D eigenvalue weighted by molar-refractivity contribution is 0.730. The Bertz CT molecular complexity index is 335. The van der Waals surface area contributed by atoms with Gasteiger partial charge in [-0.25, -0.2) is 0 Å². The van der Waals surface area contributed by atoms with Gasteiger partial charge >= 0.3 is 0 Å². The lowest BCUT2D eigenvalue weighted by Gasteiger charge is -2.17. The predicted octanol–water partition coefficient (Wildman–Crippen LogP) is 2.99. The van der Waals surface area contributed by atoms with Gasteiger partial charge in [-0.05, 0) is 12.0 Å². The van der Waals surface area contributed by atoms with Gasteiger partial charge in [0.1, 0.15) is 5.84 Å². The molecular formula is C13H19ClN2. The highest BCUT2D eigenvalue weighted by Crippen LogP contribution is 2.22. The van der Waals surface area contributed by atoms with Crippen molar-refractivity contribution in [2.75, 3.05) is 13.1 Å². The molecule has 2 rings (SSSR count). The normalized spacial score (nSPS) is 15.9. The summed E-state index contributed by atoms with van der Waals surface area (Å²) in [7, 11) is 0. The maximum absolute atomic E-state index is 4.54. The minimum absolute atomic E-state index is 0. The fraction of sp³-hybridized carbons (Fsp3) is 0.462. The molecule has 1 atom stereocenters. The van der Waals surface area contributed by atoms with E-state index < -0.39 is 0 Å². The quantitative estimate of drug-likeness (QED) is 0.857. The first kappa shape index (κ1) is 13.0. The molecule has 0 fully saturated rings. The van der Waals surface area contributed by atoms with Crippen molar-refractivity contribution in [2.24, 2.45) is 4.99 Å². The molecule has 0 saturated heterocycles. The lowest BCUT2D eigenvalue weighted by atomic mass is 9.93. The van der Waals surface area contributed by atoms with Gasteiger partial charge in [-0.1, -0.05) is 43.7 Å². The van der Waals surface area contributed by atoms with Crippen molar-refractivity contribution in [3.63, 3.8) is 0 Å². The van der Waals surface area contributed by atoms with Gasteiger partial charge in [0.05, 0.1) is 6.54 Å². The van der Waals surface area contributed by atoms with E-state index >= 15 is 0 Å². The third-order valence-electron chi connectivity index (χ3n) is 2.81. The molecule has 1 heterocycles. The largest absolute Gasteiger partial charge is 0.371 e. The van der Waals surface area contributed by atoms with Gasteiger partial charge in [0.25, 0.3) is 0 Å². The zero-order valence-corrected chi connectivity index (χ0v) is 10.5. The van der Waals surface area contributed by atoms with Crippen molar-refractivity contribution in [3.8, 4) is 0 Å². The van der Waals surface area contributed by atoms with Gasteiger partial charge in [0.15, 0.2) is 0 Å². The first-order chi connectivity index (χ1) is 7.42. The van der Waals surface area contributed by atoms with Crippen molar-refractivity contribution in [2.45, 2.75) is 25.7 Å². The highest BCUT2D eigenvalue weighted by atomic mass is 35.5. The summed E-state index contributed by atoms with van der Waals surface area (Å²) in [6, 6.07) is 10.7. The van der Waals surface area contributed by atoms with Crippen LogP contribution in [0.3, 0.4) is 0 Å². The van der Waals surface area contributed by atoms with Crippen LogP contribution >= 0.6 is 12.4 Å². The summed E-state index contributed by atoms with van der Waals surface area (Å²) in [5.74, 6) is 1.65. The standard InChI is InChI=1S/C13H18N2.ClH/c1-2-6-12(13-14-9-10-15-13)11-7-4-3-5-8-11;/h3-5,7-8,12H,2,6,9-10H2,1H3,(H,14,15);1H. The number of nitrogens with one attached hydrogen (secondary N) is 1. The minimum atomic E-state index is 0. The van der Waals surface area contributed by atoms with Crippen molar-refractivity contribution in [1.82, 2.24) is 5.32 Å². The Morgan fingerprint density at radius 2 is 2.06 bits per heavy atom. The zero-order valence-electron chi connectivity index (χ0n) is 9.65. The van der Waals surface area contributed by atoms with Gasteiger partial charge in [-0.2, -0.15) is 0 Å². The molecule has 1 unspecified atom stereocenters. The molecule has 0 aliphatic carbocycles. The van der Waals surface area contributed by atoms with Crippen LogP contribution in [0.25, 0.3) is 0 Å². The van der Waals surface area contributed by atoms with Gasteiger partial charge in [0, 0.05) is 12.5 Å². The van der Waals surface area contributed by atoms with Gasteiger partial charge in [0.2, 0.25) is 0 Å². The van der Waals surface area contributed by atoms with E-state index in [-0.39, 0.29) is 12.4 Å². The van der Waals surface area contributed by atoms with Gasteiger partial charge in [-0.3, -0.25) is 4.99 Å². The van der Waals surface area contributed by atoms with E-state index in [0.717, 1.165) is 13.1 Å². The van der Waals surface area contributed by atoms with E-state index in [4.69, 9.17) is 0 Å². The molecule has 1 N–H and O–H groups in total. The highest BCUT2D eigenvalue weighted by molar-refractivity contribution is 5.90. The Labute approximate surface area is 104 Å². The summed E-state index contributed by atoms with van der Waals surface area (Å²) >= 11 is 0. The van der Waals surface area contributed by atoms with Crippen molar-refractivity contribution in [1.29, 1.82) is 0 Å². The highest BCUT2D eigenvalue weighted by Gasteiger charge is 2.19. The molecule has 3 heteroatoms. The Kier molecular flexibility index (Phi) is 5.33. The fourth-order valence-electron chi connectivity index (χ4n) is 2.08.